The minimum atomic E-state index is -0.948. The molecule has 3 nitrogen and oxygen atoms in total. The van der Waals surface area contributed by atoms with Crippen molar-refractivity contribution in [2.75, 3.05) is 37.8 Å². The Balaban J connectivity index is 1.35. The zero-order chi connectivity index (χ0) is 19.6. The van der Waals surface area contributed by atoms with Crippen molar-refractivity contribution in [3.05, 3.63) is 0 Å². The Morgan fingerprint density at radius 2 is 1.89 bits per heavy atom. The van der Waals surface area contributed by atoms with Crippen molar-refractivity contribution < 1.29 is 9.84 Å². The van der Waals surface area contributed by atoms with Gasteiger partial charge in [0.15, 0.2) is 0 Å². The van der Waals surface area contributed by atoms with Gasteiger partial charge in [-0.1, -0.05) is 0 Å². The van der Waals surface area contributed by atoms with Crippen molar-refractivity contribution in [3.63, 3.8) is 0 Å². The Labute approximate surface area is 179 Å². The molecule has 28 heavy (non-hydrogen) atoms. The van der Waals surface area contributed by atoms with Crippen molar-refractivity contribution in [2.45, 2.75) is 73.1 Å². The van der Waals surface area contributed by atoms with Gasteiger partial charge < -0.3 is 0 Å². The summed E-state index contributed by atoms with van der Waals surface area (Å²) in [5.41, 5.74) is 1.27. The molecule has 2 N–H and O–H groups in total. The molecular weight excluding hydrogens is 461 g/mol. The second kappa shape index (κ2) is 7.34. The molecule has 7 atom stereocenters. The van der Waals surface area contributed by atoms with E-state index in [1.54, 1.807) is 4.43 Å². The third-order valence-electron chi connectivity index (χ3n) is 10.1. The first-order valence-corrected chi connectivity index (χ1v) is 15.9. The van der Waals surface area contributed by atoms with Gasteiger partial charge in [0.25, 0.3) is 0 Å². The number of halogens is 1. The van der Waals surface area contributed by atoms with E-state index in [0.29, 0.717) is 17.4 Å². The molecule has 0 spiro atoms. The van der Waals surface area contributed by atoms with E-state index in [0.717, 1.165) is 38.8 Å². The maximum absolute atomic E-state index is 10.2. The zero-order valence-corrected chi connectivity index (χ0v) is 20.5. The van der Waals surface area contributed by atoms with Gasteiger partial charge >= 0.3 is 180 Å². The van der Waals surface area contributed by atoms with Gasteiger partial charge in [0.2, 0.25) is 0 Å². The Hall–Kier alpha value is 0.610. The number of ether oxygens (including phenoxy) is 1. The van der Waals surface area contributed by atoms with Crippen molar-refractivity contribution in [2.24, 2.45) is 34.0 Å². The van der Waals surface area contributed by atoms with Gasteiger partial charge in [-0.3, -0.25) is 0 Å². The molecule has 5 aliphatic rings. The Morgan fingerprint density at radius 3 is 2.57 bits per heavy atom. The summed E-state index contributed by atoms with van der Waals surface area (Å²) in [5, 5.41) is 13.7. The van der Waals surface area contributed by atoms with Crippen LogP contribution in [0.3, 0.4) is 0 Å². The fourth-order valence-corrected chi connectivity index (χ4v) is 20.3. The van der Waals surface area contributed by atoms with Crippen LogP contribution in [-0.2, 0) is 4.74 Å². The summed E-state index contributed by atoms with van der Waals surface area (Å²) in [6.07, 6.45) is 11.8. The molecule has 4 heteroatoms. The van der Waals surface area contributed by atoms with Crippen molar-refractivity contribution in [1.29, 1.82) is 0 Å². The summed E-state index contributed by atoms with van der Waals surface area (Å²) in [6.45, 7) is 8.54. The predicted molar refractivity (Wildman–Crippen MR) is 124 cm³/mol. The van der Waals surface area contributed by atoms with Crippen molar-refractivity contribution in [3.8, 4) is 0 Å². The van der Waals surface area contributed by atoms with Crippen LogP contribution < -0.4 is 5.32 Å². The second-order valence-electron chi connectivity index (χ2n) is 11.5. The van der Waals surface area contributed by atoms with Gasteiger partial charge in [-0.25, -0.2) is 0 Å². The summed E-state index contributed by atoms with van der Waals surface area (Å²) in [7, 11) is 2.13. The number of hydrogen-bond acceptors (Lipinski definition) is 3. The van der Waals surface area contributed by atoms with Crippen molar-refractivity contribution in [1.82, 2.24) is 5.32 Å². The van der Waals surface area contributed by atoms with E-state index in [1.807, 2.05) is 0 Å². The molecule has 0 aromatic rings. The molecule has 5 fully saturated rings. The molecule has 0 aromatic carbocycles. The molecule has 0 radical (unpaired) electrons. The summed E-state index contributed by atoms with van der Waals surface area (Å²) in [5.74, 6) is 2.68. The predicted octanol–water partition coefficient (Wildman–Crippen LogP) is 4.49. The quantitative estimate of drug-likeness (QED) is 0.439. The van der Waals surface area contributed by atoms with E-state index in [2.05, 4.69) is 26.2 Å². The van der Waals surface area contributed by atoms with Gasteiger partial charge in [0.1, 0.15) is 0 Å². The Kier molecular flexibility index (Phi) is 5.38. The normalized spacial score (nSPS) is 51.0. The number of aliphatic hydroxyl groups is 1. The number of alkyl halides is 3. The molecule has 0 aromatic heterocycles. The van der Waals surface area contributed by atoms with Crippen LogP contribution in [0.2, 0.25) is 0 Å². The average Bonchev–Trinajstić information content (AvgIpc) is 2.99. The van der Waals surface area contributed by atoms with Crippen LogP contribution >= 0.6 is 19.8 Å². The molecule has 0 amide bonds. The maximum atomic E-state index is 10.2. The second-order valence-corrected chi connectivity index (χ2v) is 18.2. The molecule has 2 saturated carbocycles. The summed E-state index contributed by atoms with van der Waals surface area (Å²) in [6, 6.07) is 0. The van der Waals surface area contributed by atoms with Gasteiger partial charge in [-0.2, -0.15) is 0 Å². The summed E-state index contributed by atoms with van der Waals surface area (Å²) >= 11 is -0.948. The molecule has 5 rings (SSSR count). The van der Waals surface area contributed by atoms with Crippen LogP contribution in [0, 0.1) is 34.0 Å². The van der Waals surface area contributed by atoms with E-state index in [-0.39, 0.29) is 5.41 Å². The number of nitrogens with one attached hydrogen (secondary N) is 1. The Bertz CT molecular complexity index is 590. The van der Waals surface area contributed by atoms with E-state index in [1.165, 1.54) is 57.9 Å². The fourth-order valence-electron chi connectivity index (χ4n) is 8.58. The first-order valence-electron chi connectivity index (χ1n) is 11.9. The fraction of sp³-hybridized carbons (Fsp3) is 1.00. The standard InChI is InChI=1S/C24H42INO2/c1-22-10-11-25-19(18(22)5-4-17(12-22)13-26-3)8-9-23(2)20(6-7-21(23)25)24(14-27)15-28-16-24/h17-21,26-27H,4-16H2,1-3H3. The van der Waals surface area contributed by atoms with Crippen LogP contribution in [0.15, 0.2) is 0 Å². The topological polar surface area (TPSA) is 41.5 Å². The third-order valence-corrected chi connectivity index (χ3v) is 19.4. The van der Waals surface area contributed by atoms with Gasteiger partial charge in [-0.15, -0.1) is 0 Å². The number of fused-ring (bicyclic) bond motifs is 5. The zero-order valence-electron chi connectivity index (χ0n) is 18.3. The van der Waals surface area contributed by atoms with Crippen LogP contribution in [0.25, 0.3) is 0 Å². The van der Waals surface area contributed by atoms with Gasteiger partial charge in [-0.05, 0) is 0 Å². The summed E-state index contributed by atoms with van der Waals surface area (Å²) < 4.78 is 9.46. The minimum absolute atomic E-state index is 0.113. The SMILES string of the molecule is CNCC1CCC2C3CCC4(C)C(CCC4C4(CO)COC4)I3CCC2(C)C1. The number of aliphatic hydroxyl groups excluding tert-OH is 1. The number of hydrogen-bond donors (Lipinski definition) is 2. The first-order chi connectivity index (χ1) is 13.5. The van der Waals surface area contributed by atoms with Crippen LogP contribution in [-0.4, -0.2) is 50.8 Å². The first kappa shape index (κ1) is 20.5. The van der Waals surface area contributed by atoms with Gasteiger partial charge in [0, 0.05) is 0 Å². The summed E-state index contributed by atoms with van der Waals surface area (Å²) in [4.78, 5) is 0. The molecule has 162 valence electrons. The molecular formula is C24H42INO2. The van der Waals surface area contributed by atoms with Crippen LogP contribution in [0.5, 0.6) is 0 Å². The van der Waals surface area contributed by atoms with Crippen LogP contribution in [0.4, 0.5) is 0 Å². The average molecular weight is 504 g/mol. The Morgan fingerprint density at radius 1 is 1.07 bits per heavy atom. The third kappa shape index (κ3) is 2.90. The molecule has 3 saturated heterocycles. The van der Waals surface area contributed by atoms with E-state index in [9.17, 15) is 5.11 Å². The van der Waals surface area contributed by atoms with Gasteiger partial charge in [0.05, 0.1) is 0 Å². The van der Waals surface area contributed by atoms with E-state index >= 15 is 0 Å². The van der Waals surface area contributed by atoms with E-state index in [4.69, 9.17) is 4.74 Å². The molecule has 2 aliphatic carbocycles. The van der Waals surface area contributed by atoms with E-state index < -0.39 is 19.8 Å². The van der Waals surface area contributed by atoms with Crippen LogP contribution in [0.1, 0.15) is 65.2 Å². The molecule has 3 heterocycles. The monoisotopic (exact) mass is 503 g/mol. The molecule has 3 aliphatic heterocycles. The molecule has 0 bridgehead atoms. The number of rotatable bonds is 4. The van der Waals surface area contributed by atoms with Crippen molar-refractivity contribution >= 4 is 19.8 Å². The molecule has 7 unspecified atom stereocenters.